The maximum Gasteiger partial charge on any atom is 0.304 e. The number of rotatable bonds is 10. The molecule has 0 saturated carbocycles. The zero-order chi connectivity index (χ0) is 14.8. The molecule has 2 N–H and O–H groups in total. The van der Waals surface area contributed by atoms with Gasteiger partial charge in [-0.05, 0) is 25.1 Å². The van der Waals surface area contributed by atoms with Crippen molar-refractivity contribution in [3.05, 3.63) is 35.9 Å². The van der Waals surface area contributed by atoms with E-state index in [1.165, 1.54) is 5.56 Å². The molecule has 1 atom stereocenters. The van der Waals surface area contributed by atoms with Crippen molar-refractivity contribution in [1.82, 2.24) is 10.2 Å². The molecule has 0 bridgehead atoms. The summed E-state index contributed by atoms with van der Waals surface area (Å²) in [4.78, 5) is 13.3. The van der Waals surface area contributed by atoms with Crippen molar-refractivity contribution < 1.29 is 9.90 Å². The highest BCUT2D eigenvalue weighted by Crippen LogP contribution is 2.06. The standard InChI is InChI=1S/C16H26N2O2/c1-3-18(4-2)11-10-17-15(13-16(19)20)12-14-8-6-5-7-9-14/h5-9,15,17H,3-4,10-13H2,1-2H3,(H,19,20). The van der Waals surface area contributed by atoms with Crippen LogP contribution in [0, 0.1) is 0 Å². The molecule has 0 amide bonds. The van der Waals surface area contributed by atoms with Gasteiger partial charge in [0, 0.05) is 19.1 Å². The van der Waals surface area contributed by atoms with E-state index < -0.39 is 5.97 Å². The monoisotopic (exact) mass is 278 g/mol. The van der Waals surface area contributed by atoms with Gasteiger partial charge in [0.25, 0.3) is 0 Å². The van der Waals surface area contributed by atoms with Crippen molar-refractivity contribution in [2.45, 2.75) is 32.7 Å². The minimum atomic E-state index is -0.749. The molecule has 4 nitrogen and oxygen atoms in total. The Labute approximate surface area is 121 Å². The van der Waals surface area contributed by atoms with Gasteiger partial charge in [-0.25, -0.2) is 0 Å². The molecule has 0 aromatic heterocycles. The van der Waals surface area contributed by atoms with Gasteiger partial charge in [0.15, 0.2) is 0 Å². The summed E-state index contributed by atoms with van der Waals surface area (Å²) in [5.74, 6) is -0.749. The quantitative estimate of drug-likeness (QED) is 0.687. The maximum atomic E-state index is 11.0. The van der Waals surface area contributed by atoms with Crippen LogP contribution in [0.2, 0.25) is 0 Å². The lowest BCUT2D eigenvalue weighted by Crippen LogP contribution is -2.39. The summed E-state index contributed by atoms with van der Waals surface area (Å²) < 4.78 is 0. The van der Waals surface area contributed by atoms with E-state index in [-0.39, 0.29) is 12.5 Å². The number of benzene rings is 1. The Morgan fingerprint density at radius 1 is 1.25 bits per heavy atom. The van der Waals surface area contributed by atoms with Crippen molar-refractivity contribution in [2.75, 3.05) is 26.2 Å². The number of nitrogens with zero attached hydrogens (tertiary/aromatic N) is 1. The minimum absolute atomic E-state index is 0.00883. The van der Waals surface area contributed by atoms with Crippen LogP contribution in [0.5, 0.6) is 0 Å². The Balaban J connectivity index is 2.45. The number of nitrogens with one attached hydrogen (secondary N) is 1. The van der Waals surface area contributed by atoms with Crippen LogP contribution in [-0.4, -0.2) is 48.2 Å². The van der Waals surface area contributed by atoms with Crippen LogP contribution >= 0.6 is 0 Å². The predicted molar refractivity (Wildman–Crippen MR) is 82.0 cm³/mol. The van der Waals surface area contributed by atoms with Crippen LogP contribution < -0.4 is 5.32 Å². The number of likely N-dealkylation sites (N-methyl/N-ethyl adjacent to an activating group) is 1. The molecule has 112 valence electrons. The number of hydrogen-bond donors (Lipinski definition) is 2. The Hall–Kier alpha value is -1.39. The van der Waals surface area contributed by atoms with Gasteiger partial charge in [-0.2, -0.15) is 0 Å². The van der Waals surface area contributed by atoms with Gasteiger partial charge in [0.2, 0.25) is 0 Å². The fourth-order valence-electron chi connectivity index (χ4n) is 2.29. The smallest absolute Gasteiger partial charge is 0.304 e. The molecular weight excluding hydrogens is 252 g/mol. The first-order valence-electron chi connectivity index (χ1n) is 7.37. The van der Waals surface area contributed by atoms with Gasteiger partial charge in [0.05, 0.1) is 6.42 Å². The fraction of sp³-hybridized carbons (Fsp3) is 0.562. The lowest BCUT2D eigenvalue weighted by Gasteiger charge is -2.21. The van der Waals surface area contributed by atoms with Gasteiger partial charge in [-0.3, -0.25) is 4.79 Å². The molecule has 0 fully saturated rings. The second-order valence-corrected chi connectivity index (χ2v) is 4.97. The molecule has 0 radical (unpaired) electrons. The third kappa shape index (κ3) is 6.68. The summed E-state index contributed by atoms with van der Waals surface area (Å²) in [7, 11) is 0. The Morgan fingerprint density at radius 3 is 2.45 bits per heavy atom. The fourth-order valence-corrected chi connectivity index (χ4v) is 2.29. The van der Waals surface area contributed by atoms with Crippen molar-refractivity contribution in [3.63, 3.8) is 0 Å². The normalized spacial score (nSPS) is 12.6. The summed E-state index contributed by atoms with van der Waals surface area (Å²) >= 11 is 0. The summed E-state index contributed by atoms with van der Waals surface area (Å²) in [5, 5.41) is 12.4. The van der Waals surface area contributed by atoms with Crippen molar-refractivity contribution >= 4 is 5.97 Å². The highest BCUT2D eigenvalue weighted by Gasteiger charge is 2.13. The van der Waals surface area contributed by atoms with E-state index in [0.717, 1.165) is 32.6 Å². The van der Waals surface area contributed by atoms with Gasteiger partial charge in [0.1, 0.15) is 0 Å². The van der Waals surface area contributed by atoms with E-state index in [4.69, 9.17) is 5.11 Å². The molecule has 0 aliphatic carbocycles. The molecule has 0 aliphatic heterocycles. The number of carbonyl (C=O) groups is 1. The average molecular weight is 278 g/mol. The third-order valence-corrected chi connectivity index (χ3v) is 3.50. The highest BCUT2D eigenvalue weighted by atomic mass is 16.4. The van der Waals surface area contributed by atoms with Crippen LogP contribution in [0.3, 0.4) is 0 Å². The average Bonchev–Trinajstić information content (AvgIpc) is 2.44. The van der Waals surface area contributed by atoms with Crippen LogP contribution in [0.4, 0.5) is 0 Å². The van der Waals surface area contributed by atoms with E-state index >= 15 is 0 Å². The summed E-state index contributed by atoms with van der Waals surface area (Å²) in [5.41, 5.74) is 1.18. The number of carboxylic acid groups (broad SMARTS) is 1. The van der Waals surface area contributed by atoms with Crippen LogP contribution in [-0.2, 0) is 11.2 Å². The van der Waals surface area contributed by atoms with Gasteiger partial charge < -0.3 is 15.3 Å². The number of carboxylic acids is 1. The Morgan fingerprint density at radius 2 is 1.90 bits per heavy atom. The zero-order valence-electron chi connectivity index (χ0n) is 12.5. The molecular formula is C16H26N2O2. The van der Waals surface area contributed by atoms with Crippen molar-refractivity contribution in [2.24, 2.45) is 0 Å². The topological polar surface area (TPSA) is 52.6 Å². The van der Waals surface area contributed by atoms with E-state index in [1.807, 2.05) is 30.3 Å². The Kier molecular flexibility index (Phi) is 7.92. The van der Waals surface area contributed by atoms with Crippen LogP contribution in [0.25, 0.3) is 0 Å². The van der Waals surface area contributed by atoms with Crippen molar-refractivity contribution in [1.29, 1.82) is 0 Å². The van der Waals surface area contributed by atoms with Crippen LogP contribution in [0.1, 0.15) is 25.8 Å². The second-order valence-electron chi connectivity index (χ2n) is 4.97. The lowest BCUT2D eigenvalue weighted by atomic mass is 10.0. The highest BCUT2D eigenvalue weighted by molar-refractivity contribution is 5.67. The SMILES string of the molecule is CCN(CC)CCNC(CC(=O)O)Cc1ccccc1. The summed E-state index contributed by atoms with van der Waals surface area (Å²) in [6.07, 6.45) is 0.915. The third-order valence-electron chi connectivity index (χ3n) is 3.50. The molecule has 20 heavy (non-hydrogen) atoms. The molecule has 0 saturated heterocycles. The molecule has 1 unspecified atom stereocenters. The molecule has 4 heteroatoms. The molecule has 0 heterocycles. The zero-order valence-corrected chi connectivity index (χ0v) is 12.5. The van der Waals surface area contributed by atoms with E-state index in [0.29, 0.717) is 0 Å². The second kappa shape index (κ2) is 9.50. The molecule has 0 aliphatic rings. The van der Waals surface area contributed by atoms with E-state index in [1.54, 1.807) is 0 Å². The minimum Gasteiger partial charge on any atom is -0.481 e. The molecule has 0 spiro atoms. The number of aliphatic carboxylic acids is 1. The van der Waals surface area contributed by atoms with Crippen LogP contribution in [0.15, 0.2) is 30.3 Å². The molecule has 1 aromatic carbocycles. The Bertz CT molecular complexity index is 377. The van der Waals surface area contributed by atoms with E-state index in [2.05, 4.69) is 24.1 Å². The van der Waals surface area contributed by atoms with Gasteiger partial charge in [-0.15, -0.1) is 0 Å². The molecule has 1 aromatic rings. The first-order chi connectivity index (χ1) is 9.65. The molecule has 1 rings (SSSR count). The van der Waals surface area contributed by atoms with Gasteiger partial charge >= 0.3 is 5.97 Å². The maximum absolute atomic E-state index is 11.0. The first-order valence-corrected chi connectivity index (χ1v) is 7.37. The predicted octanol–water partition coefficient (Wildman–Crippen LogP) is 2.00. The lowest BCUT2D eigenvalue weighted by molar-refractivity contribution is -0.137. The first kappa shape index (κ1) is 16.7. The summed E-state index contributed by atoms with van der Waals surface area (Å²) in [6.45, 7) is 8.12. The number of hydrogen-bond acceptors (Lipinski definition) is 3. The van der Waals surface area contributed by atoms with E-state index in [9.17, 15) is 4.79 Å². The van der Waals surface area contributed by atoms with Gasteiger partial charge in [-0.1, -0.05) is 44.2 Å². The largest absolute Gasteiger partial charge is 0.481 e. The van der Waals surface area contributed by atoms with Crippen molar-refractivity contribution in [3.8, 4) is 0 Å². The summed E-state index contributed by atoms with van der Waals surface area (Å²) in [6, 6.07) is 10.0.